The van der Waals surface area contributed by atoms with Gasteiger partial charge < -0.3 is 10.5 Å². The molecule has 33 heavy (non-hydrogen) atoms. The van der Waals surface area contributed by atoms with E-state index >= 15 is 0 Å². The lowest BCUT2D eigenvalue weighted by Gasteiger charge is -2.30. The van der Waals surface area contributed by atoms with Gasteiger partial charge in [-0.1, -0.05) is 18.2 Å². The summed E-state index contributed by atoms with van der Waals surface area (Å²) in [5.74, 6) is -3.41. The van der Waals surface area contributed by atoms with Gasteiger partial charge in [-0.25, -0.2) is 26.6 Å². The zero-order valence-electron chi connectivity index (χ0n) is 17.0. The summed E-state index contributed by atoms with van der Waals surface area (Å²) in [6.07, 6.45) is 4.49. The van der Waals surface area contributed by atoms with Crippen molar-refractivity contribution in [2.45, 2.75) is 23.8 Å². The van der Waals surface area contributed by atoms with Crippen LogP contribution in [0.3, 0.4) is 0 Å². The number of rotatable bonds is 7. The van der Waals surface area contributed by atoms with Gasteiger partial charge >= 0.3 is 0 Å². The molecular weight excluding hydrogens is 477 g/mol. The van der Waals surface area contributed by atoms with E-state index in [0.29, 0.717) is 18.6 Å². The Hall–Kier alpha value is -2.96. The minimum absolute atomic E-state index is 0.0735. The Morgan fingerprint density at radius 1 is 1.15 bits per heavy atom. The van der Waals surface area contributed by atoms with E-state index in [2.05, 4.69) is 9.36 Å². The number of nitrogens with zero attached hydrogens (tertiary/aromatic N) is 2. The second-order valence-corrected chi connectivity index (χ2v) is 9.82. The van der Waals surface area contributed by atoms with Crippen LogP contribution in [0.4, 0.5) is 18.3 Å². The van der Waals surface area contributed by atoms with Crippen LogP contribution < -0.4 is 15.2 Å². The fourth-order valence-electron chi connectivity index (χ4n) is 3.60. The molecule has 12 heteroatoms. The molecule has 0 amide bonds. The molecule has 4 rings (SSSR count). The Labute approximate surface area is 192 Å². The summed E-state index contributed by atoms with van der Waals surface area (Å²) < 4.78 is 78.6. The number of ether oxygens (including phenoxy) is 1. The highest BCUT2D eigenvalue weighted by molar-refractivity contribution is 7.93. The number of sulfonamides is 1. The van der Waals surface area contributed by atoms with Gasteiger partial charge in [-0.15, -0.1) is 0 Å². The third kappa shape index (κ3) is 5.18. The highest BCUT2D eigenvalue weighted by Gasteiger charge is 2.28. The molecule has 2 atom stereocenters. The molecule has 2 aromatic carbocycles. The molecule has 0 saturated heterocycles. The van der Waals surface area contributed by atoms with Gasteiger partial charge in [-0.05, 0) is 36.1 Å². The largest absolute Gasteiger partial charge is 0.490 e. The number of nitrogens with one attached hydrogen (secondary N) is 1. The van der Waals surface area contributed by atoms with Gasteiger partial charge in [0.1, 0.15) is 22.9 Å². The fourth-order valence-corrected chi connectivity index (χ4v) is 5.33. The standard InChI is InChI=1S/C21H19F3N4O3S2/c22-13-6-4-12(5-7-13)14-2-1-3-18(25)15(14)10-31-19-8-17(24)20(9-16(19)23)33(29,30)28-21-26-11-27-32-21/h2,4-9,11,15,18H,1,3,10,25H2,(H,26,27,28). The highest BCUT2D eigenvalue weighted by atomic mass is 32.2. The molecule has 0 bridgehead atoms. The summed E-state index contributed by atoms with van der Waals surface area (Å²) in [4.78, 5) is 2.77. The van der Waals surface area contributed by atoms with E-state index in [0.717, 1.165) is 35.4 Å². The number of hydrogen-bond donors (Lipinski definition) is 2. The van der Waals surface area contributed by atoms with Crippen LogP contribution in [-0.4, -0.2) is 30.4 Å². The van der Waals surface area contributed by atoms with E-state index in [1.807, 2.05) is 10.8 Å². The van der Waals surface area contributed by atoms with Gasteiger partial charge in [-0.2, -0.15) is 4.37 Å². The van der Waals surface area contributed by atoms with Crippen LogP contribution in [0.25, 0.3) is 5.57 Å². The Bertz CT molecular complexity index is 1270. The lowest BCUT2D eigenvalue weighted by molar-refractivity contribution is 0.242. The van der Waals surface area contributed by atoms with Crippen molar-refractivity contribution in [1.82, 2.24) is 9.36 Å². The van der Waals surface area contributed by atoms with Crippen molar-refractivity contribution >= 4 is 32.3 Å². The van der Waals surface area contributed by atoms with E-state index in [-0.39, 0.29) is 29.5 Å². The topological polar surface area (TPSA) is 107 Å². The fraction of sp³-hybridized carbons (Fsp3) is 0.238. The highest BCUT2D eigenvalue weighted by Crippen LogP contribution is 2.34. The van der Waals surface area contributed by atoms with Gasteiger partial charge in [0.2, 0.25) is 5.13 Å². The molecule has 1 aliphatic rings. The van der Waals surface area contributed by atoms with Crippen molar-refractivity contribution in [2.24, 2.45) is 11.7 Å². The van der Waals surface area contributed by atoms with Crippen LogP contribution in [0.5, 0.6) is 5.75 Å². The van der Waals surface area contributed by atoms with Crippen molar-refractivity contribution in [3.05, 3.63) is 71.8 Å². The monoisotopic (exact) mass is 496 g/mol. The average molecular weight is 497 g/mol. The van der Waals surface area contributed by atoms with Crippen LogP contribution in [0.15, 0.2) is 53.7 Å². The summed E-state index contributed by atoms with van der Waals surface area (Å²) in [5.41, 5.74) is 7.84. The molecule has 0 aliphatic heterocycles. The number of hydrogen-bond acceptors (Lipinski definition) is 7. The predicted molar refractivity (Wildman–Crippen MR) is 118 cm³/mol. The van der Waals surface area contributed by atoms with Crippen molar-refractivity contribution in [3.8, 4) is 5.75 Å². The van der Waals surface area contributed by atoms with Gasteiger partial charge in [0.05, 0.1) is 6.61 Å². The van der Waals surface area contributed by atoms with Gasteiger partial charge in [0, 0.05) is 35.6 Å². The van der Waals surface area contributed by atoms with Crippen LogP contribution in [0, 0.1) is 23.4 Å². The molecule has 2 unspecified atom stereocenters. The predicted octanol–water partition coefficient (Wildman–Crippen LogP) is 3.96. The van der Waals surface area contributed by atoms with Crippen LogP contribution in [0.2, 0.25) is 0 Å². The first kappa shape index (κ1) is 23.2. The molecule has 7 nitrogen and oxygen atoms in total. The Kier molecular flexibility index (Phi) is 6.68. The maximum atomic E-state index is 14.7. The first-order valence-electron chi connectivity index (χ1n) is 9.87. The SMILES string of the molecule is NC1CCC=C(c2ccc(F)cc2)C1COc1cc(F)c(S(=O)(=O)Nc2ncns2)cc1F. The Morgan fingerprint density at radius 2 is 1.91 bits per heavy atom. The molecule has 174 valence electrons. The maximum Gasteiger partial charge on any atom is 0.266 e. The molecule has 1 aromatic heterocycles. The molecule has 1 aliphatic carbocycles. The summed E-state index contributed by atoms with van der Waals surface area (Å²) in [6, 6.07) is 6.83. The minimum Gasteiger partial charge on any atom is -0.490 e. The quantitative estimate of drug-likeness (QED) is 0.513. The van der Waals surface area contributed by atoms with Gasteiger partial charge in [0.25, 0.3) is 10.0 Å². The number of aromatic nitrogens is 2. The van der Waals surface area contributed by atoms with E-state index in [4.69, 9.17) is 10.5 Å². The van der Waals surface area contributed by atoms with E-state index in [1.165, 1.54) is 12.1 Å². The van der Waals surface area contributed by atoms with Gasteiger partial charge in [0.15, 0.2) is 11.6 Å². The molecule has 3 aromatic rings. The minimum atomic E-state index is -4.42. The molecule has 3 N–H and O–H groups in total. The molecular formula is C21H19F3N4O3S2. The lowest BCUT2D eigenvalue weighted by Crippen LogP contribution is -2.37. The normalized spacial score (nSPS) is 18.6. The number of halogens is 3. The second kappa shape index (κ2) is 9.49. The van der Waals surface area contributed by atoms with Gasteiger partial charge in [-0.3, -0.25) is 4.72 Å². The molecule has 0 radical (unpaired) electrons. The zero-order chi connectivity index (χ0) is 23.6. The molecule has 0 saturated carbocycles. The maximum absolute atomic E-state index is 14.7. The van der Waals surface area contributed by atoms with E-state index < -0.39 is 32.3 Å². The Morgan fingerprint density at radius 3 is 2.61 bits per heavy atom. The third-order valence-electron chi connectivity index (χ3n) is 5.24. The van der Waals surface area contributed by atoms with Crippen molar-refractivity contribution in [2.75, 3.05) is 11.3 Å². The number of benzene rings is 2. The smallest absolute Gasteiger partial charge is 0.266 e. The number of allylic oxidation sites excluding steroid dienone is 1. The summed E-state index contributed by atoms with van der Waals surface area (Å²) in [5, 5.41) is -0.0819. The van der Waals surface area contributed by atoms with Crippen LogP contribution >= 0.6 is 11.5 Å². The lowest BCUT2D eigenvalue weighted by atomic mass is 9.81. The molecule has 0 fully saturated rings. The Balaban J connectivity index is 1.54. The summed E-state index contributed by atoms with van der Waals surface area (Å²) in [6.45, 7) is -0.0735. The van der Waals surface area contributed by atoms with Crippen molar-refractivity contribution < 1.29 is 26.3 Å². The van der Waals surface area contributed by atoms with Crippen LogP contribution in [0.1, 0.15) is 18.4 Å². The van der Waals surface area contributed by atoms with Crippen molar-refractivity contribution in [1.29, 1.82) is 0 Å². The number of nitrogens with two attached hydrogens (primary N) is 1. The zero-order valence-corrected chi connectivity index (χ0v) is 18.7. The van der Waals surface area contributed by atoms with Crippen molar-refractivity contribution in [3.63, 3.8) is 0 Å². The molecule has 1 heterocycles. The molecule has 0 spiro atoms. The first-order valence-corrected chi connectivity index (χ1v) is 12.1. The third-order valence-corrected chi connectivity index (χ3v) is 7.30. The van der Waals surface area contributed by atoms with Crippen LogP contribution in [-0.2, 0) is 10.0 Å². The number of anilines is 1. The van der Waals surface area contributed by atoms with E-state index in [9.17, 15) is 21.6 Å². The second-order valence-electron chi connectivity index (χ2n) is 7.39. The average Bonchev–Trinajstić information content (AvgIpc) is 3.27. The van der Waals surface area contributed by atoms with E-state index in [1.54, 1.807) is 12.1 Å². The summed E-state index contributed by atoms with van der Waals surface area (Å²) >= 11 is 0.751. The first-order chi connectivity index (χ1) is 15.7. The summed E-state index contributed by atoms with van der Waals surface area (Å²) in [7, 11) is -4.42.